The predicted octanol–water partition coefficient (Wildman–Crippen LogP) is 1.47. The highest BCUT2D eigenvalue weighted by molar-refractivity contribution is 8.14. The Bertz CT molecular complexity index is 300. The Morgan fingerprint density at radius 1 is 1.47 bits per heavy atom. The summed E-state index contributed by atoms with van der Waals surface area (Å²) in [5.41, 5.74) is 0. The Labute approximate surface area is 107 Å². The van der Waals surface area contributed by atoms with Gasteiger partial charge in [0.2, 0.25) is 5.91 Å². The second-order valence-corrected chi connectivity index (χ2v) is 5.88. The maximum absolute atomic E-state index is 11.9. The number of piperidine rings is 1. The molecule has 1 unspecified atom stereocenters. The van der Waals surface area contributed by atoms with Gasteiger partial charge in [0.1, 0.15) is 0 Å². The third-order valence-electron chi connectivity index (χ3n) is 3.27. The molecule has 1 fully saturated rings. The third-order valence-corrected chi connectivity index (χ3v) is 4.58. The van der Waals surface area contributed by atoms with E-state index >= 15 is 0 Å². The van der Waals surface area contributed by atoms with Crippen molar-refractivity contribution in [2.75, 3.05) is 26.2 Å². The van der Waals surface area contributed by atoms with Crippen molar-refractivity contribution in [1.29, 1.82) is 0 Å². The monoisotopic (exact) mass is 255 g/mol. The molecule has 0 saturated carbocycles. The van der Waals surface area contributed by atoms with Crippen molar-refractivity contribution in [2.45, 2.75) is 37.9 Å². The van der Waals surface area contributed by atoms with Gasteiger partial charge in [0.15, 0.2) is 5.17 Å². The van der Waals surface area contributed by atoms with Crippen molar-refractivity contribution in [3.8, 4) is 0 Å². The highest BCUT2D eigenvalue weighted by Gasteiger charge is 2.20. The van der Waals surface area contributed by atoms with Gasteiger partial charge < -0.3 is 10.2 Å². The van der Waals surface area contributed by atoms with Crippen LogP contribution in [0.25, 0.3) is 0 Å². The molecule has 5 heteroatoms. The first kappa shape index (κ1) is 12.7. The molecular weight excluding hydrogens is 234 g/mol. The van der Waals surface area contributed by atoms with Gasteiger partial charge >= 0.3 is 0 Å². The molecule has 0 aromatic rings. The Hall–Kier alpha value is -0.710. The van der Waals surface area contributed by atoms with Crippen molar-refractivity contribution < 1.29 is 4.79 Å². The molecule has 2 rings (SSSR count). The molecule has 4 nitrogen and oxygen atoms in total. The highest BCUT2D eigenvalue weighted by Crippen LogP contribution is 2.21. The zero-order chi connectivity index (χ0) is 12.1. The predicted molar refractivity (Wildman–Crippen MR) is 72.4 cm³/mol. The summed E-state index contributed by atoms with van der Waals surface area (Å²) in [4.78, 5) is 18.3. The Balaban J connectivity index is 1.69. The Morgan fingerprint density at radius 3 is 2.88 bits per heavy atom. The minimum atomic E-state index is 0.216. The normalized spacial score (nSPS) is 24.6. The number of rotatable bonds is 3. The molecule has 0 spiro atoms. The summed E-state index contributed by atoms with van der Waals surface area (Å²) < 4.78 is 0. The number of nitrogens with zero attached hydrogens (tertiary/aromatic N) is 2. The van der Waals surface area contributed by atoms with Gasteiger partial charge in [0, 0.05) is 18.3 Å². The minimum absolute atomic E-state index is 0.216. The molecule has 96 valence electrons. The quantitative estimate of drug-likeness (QED) is 0.830. The van der Waals surface area contributed by atoms with Crippen LogP contribution in [0.2, 0.25) is 0 Å². The number of aliphatic imine (C=N–C) groups is 1. The Morgan fingerprint density at radius 2 is 2.24 bits per heavy atom. The van der Waals surface area contributed by atoms with Crippen LogP contribution < -0.4 is 5.32 Å². The van der Waals surface area contributed by atoms with Crippen molar-refractivity contribution in [2.24, 2.45) is 4.99 Å². The molecule has 0 bridgehead atoms. The number of thioether (sulfide) groups is 1. The van der Waals surface area contributed by atoms with Crippen LogP contribution in [0.1, 0.15) is 32.6 Å². The summed E-state index contributed by atoms with van der Waals surface area (Å²) in [6, 6.07) is 0. The van der Waals surface area contributed by atoms with Crippen LogP contribution in [-0.4, -0.2) is 47.4 Å². The zero-order valence-corrected chi connectivity index (χ0v) is 11.3. The average Bonchev–Trinajstić information content (AvgIpc) is 2.85. The van der Waals surface area contributed by atoms with Crippen LogP contribution in [0.15, 0.2) is 4.99 Å². The van der Waals surface area contributed by atoms with Crippen LogP contribution in [0.5, 0.6) is 0 Å². The van der Waals surface area contributed by atoms with Gasteiger partial charge in [-0.3, -0.25) is 9.79 Å². The minimum Gasteiger partial charge on any atom is -0.356 e. The second kappa shape index (κ2) is 6.28. The lowest BCUT2D eigenvalue weighted by molar-refractivity contribution is -0.130. The van der Waals surface area contributed by atoms with Gasteiger partial charge in [0.25, 0.3) is 0 Å². The van der Waals surface area contributed by atoms with E-state index in [0.29, 0.717) is 11.8 Å². The summed E-state index contributed by atoms with van der Waals surface area (Å²) in [6.07, 6.45) is 4.70. The van der Waals surface area contributed by atoms with E-state index < -0.39 is 0 Å². The first-order chi connectivity index (χ1) is 8.29. The standard InChI is InChI=1S/C12H21N3OS/c1-2-10-8-13-12(17-10)14-9-11(16)15-6-4-3-5-7-15/h10H,2-9H2,1H3,(H,13,14). The van der Waals surface area contributed by atoms with E-state index in [2.05, 4.69) is 17.2 Å². The van der Waals surface area contributed by atoms with E-state index in [-0.39, 0.29) is 5.91 Å². The van der Waals surface area contributed by atoms with Gasteiger partial charge in [-0.25, -0.2) is 0 Å². The van der Waals surface area contributed by atoms with E-state index in [9.17, 15) is 4.79 Å². The van der Waals surface area contributed by atoms with E-state index in [1.165, 1.54) is 6.42 Å². The largest absolute Gasteiger partial charge is 0.356 e. The van der Waals surface area contributed by atoms with Crippen molar-refractivity contribution in [3.63, 3.8) is 0 Å². The molecule has 1 atom stereocenters. The molecule has 17 heavy (non-hydrogen) atoms. The molecule has 1 saturated heterocycles. The van der Waals surface area contributed by atoms with Gasteiger partial charge in [-0.15, -0.1) is 0 Å². The van der Waals surface area contributed by atoms with E-state index in [1.807, 2.05) is 4.90 Å². The number of hydrogen-bond donors (Lipinski definition) is 1. The number of carbonyl (C=O) groups excluding carboxylic acids is 1. The summed E-state index contributed by atoms with van der Waals surface area (Å²) in [6.45, 7) is 5.33. The molecule has 0 radical (unpaired) electrons. The molecule has 2 aliphatic heterocycles. The summed E-state index contributed by atoms with van der Waals surface area (Å²) in [5.74, 6) is 0.216. The van der Waals surface area contributed by atoms with E-state index in [1.54, 1.807) is 11.8 Å². The Kier molecular flexibility index (Phi) is 4.71. The van der Waals surface area contributed by atoms with Crippen molar-refractivity contribution >= 4 is 22.8 Å². The summed E-state index contributed by atoms with van der Waals surface area (Å²) in [7, 11) is 0. The zero-order valence-electron chi connectivity index (χ0n) is 10.4. The van der Waals surface area contributed by atoms with Crippen LogP contribution in [0.3, 0.4) is 0 Å². The number of likely N-dealkylation sites (tertiary alicyclic amines) is 1. The van der Waals surface area contributed by atoms with Gasteiger partial charge in [-0.1, -0.05) is 18.7 Å². The van der Waals surface area contributed by atoms with Crippen LogP contribution in [0, 0.1) is 0 Å². The average molecular weight is 255 g/mol. The fraction of sp³-hybridized carbons (Fsp3) is 0.833. The number of amides is 1. The van der Waals surface area contributed by atoms with Gasteiger partial charge in [-0.2, -0.15) is 0 Å². The molecule has 0 aromatic carbocycles. The molecule has 1 amide bonds. The van der Waals surface area contributed by atoms with E-state index in [0.717, 1.165) is 44.1 Å². The first-order valence-electron chi connectivity index (χ1n) is 6.52. The smallest absolute Gasteiger partial charge is 0.241 e. The van der Waals surface area contributed by atoms with Gasteiger partial charge in [0.05, 0.1) is 13.1 Å². The lowest BCUT2D eigenvalue weighted by Gasteiger charge is -2.26. The van der Waals surface area contributed by atoms with Crippen LogP contribution in [0.4, 0.5) is 0 Å². The number of nitrogens with one attached hydrogen (secondary N) is 1. The van der Waals surface area contributed by atoms with Crippen molar-refractivity contribution in [1.82, 2.24) is 10.2 Å². The van der Waals surface area contributed by atoms with Crippen molar-refractivity contribution in [3.05, 3.63) is 0 Å². The fourth-order valence-electron chi connectivity index (χ4n) is 2.13. The maximum Gasteiger partial charge on any atom is 0.241 e. The number of hydrogen-bond acceptors (Lipinski definition) is 4. The molecule has 2 heterocycles. The molecule has 0 aliphatic carbocycles. The van der Waals surface area contributed by atoms with Crippen LogP contribution in [-0.2, 0) is 4.79 Å². The molecule has 1 N–H and O–H groups in total. The van der Waals surface area contributed by atoms with Crippen LogP contribution >= 0.6 is 11.8 Å². The third kappa shape index (κ3) is 3.63. The lowest BCUT2D eigenvalue weighted by atomic mass is 10.1. The highest BCUT2D eigenvalue weighted by atomic mass is 32.2. The summed E-state index contributed by atoms with van der Waals surface area (Å²) >= 11 is 1.77. The fourth-order valence-corrected chi connectivity index (χ4v) is 3.07. The van der Waals surface area contributed by atoms with Gasteiger partial charge in [-0.05, 0) is 25.7 Å². The second-order valence-electron chi connectivity index (χ2n) is 4.59. The first-order valence-corrected chi connectivity index (χ1v) is 7.40. The molecule has 2 aliphatic rings. The lowest BCUT2D eigenvalue weighted by Crippen LogP contribution is -2.42. The van der Waals surface area contributed by atoms with E-state index in [4.69, 9.17) is 0 Å². The molecular formula is C12H21N3OS. The topological polar surface area (TPSA) is 44.7 Å². The number of amidine groups is 1. The SMILES string of the molecule is CCC1CN=C(NCC(=O)N2CCCCC2)S1. The molecule has 0 aromatic heterocycles. The maximum atomic E-state index is 11.9. The number of carbonyl (C=O) groups is 1. The summed E-state index contributed by atoms with van der Waals surface area (Å²) in [5, 5.41) is 4.71.